The van der Waals surface area contributed by atoms with Crippen LogP contribution in [0.2, 0.25) is 0 Å². The highest BCUT2D eigenvalue weighted by Crippen LogP contribution is 2.19. The van der Waals surface area contributed by atoms with Crippen molar-refractivity contribution in [1.29, 1.82) is 0 Å². The number of carbonyl (C=O) groups excluding carboxylic acids is 1. The molecule has 1 atom stereocenters. The van der Waals surface area contributed by atoms with Crippen LogP contribution < -0.4 is 10.1 Å². The smallest absolute Gasteiger partial charge is 0.265 e. The number of halogens is 4. The number of nitrogens with one attached hydrogen (secondary N) is 1. The van der Waals surface area contributed by atoms with E-state index in [4.69, 9.17) is 4.74 Å². The van der Waals surface area contributed by atoms with E-state index in [0.717, 1.165) is 36.4 Å². The molecule has 2 rings (SSSR count). The van der Waals surface area contributed by atoms with E-state index in [2.05, 4.69) is 5.32 Å². The zero-order valence-corrected chi connectivity index (χ0v) is 11.4. The Labute approximate surface area is 123 Å². The number of carbonyl (C=O) groups is 1. The van der Waals surface area contributed by atoms with Crippen molar-refractivity contribution in [3.63, 3.8) is 0 Å². The quantitative estimate of drug-likeness (QED) is 0.875. The molecule has 1 amide bonds. The summed E-state index contributed by atoms with van der Waals surface area (Å²) in [6.45, 7) is 1.33. The summed E-state index contributed by atoms with van der Waals surface area (Å²) < 4.78 is 57.3. The van der Waals surface area contributed by atoms with Crippen LogP contribution in [0.4, 0.5) is 23.2 Å². The van der Waals surface area contributed by atoms with E-state index in [9.17, 15) is 22.4 Å². The first-order chi connectivity index (χ1) is 10.4. The van der Waals surface area contributed by atoms with Crippen molar-refractivity contribution in [2.24, 2.45) is 0 Å². The first-order valence-corrected chi connectivity index (χ1v) is 6.24. The highest BCUT2D eigenvalue weighted by molar-refractivity contribution is 5.94. The molecule has 2 aromatic rings. The van der Waals surface area contributed by atoms with Crippen molar-refractivity contribution < 1.29 is 27.1 Å². The summed E-state index contributed by atoms with van der Waals surface area (Å²) in [5, 5.41) is 2.15. The third-order valence-corrected chi connectivity index (χ3v) is 2.76. The lowest BCUT2D eigenvalue weighted by atomic mass is 10.2. The van der Waals surface area contributed by atoms with Gasteiger partial charge in [-0.3, -0.25) is 4.79 Å². The number of amides is 1. The molecule has 2 aromatic carbocycles. The van der Waals surface area contributed by atoms with Crippen molar-refractivity contribution in [2.75, 3.05) is 5.32 Å². The summed E-state index contributed by atoms with van der Waals surface area (Å²) in [5.41, 5.74) is -0.342. The molecule has 1 unspecified atom stereocenters. The lowest BCUT2D eigenvalue weighted by Crippen LogP contribution is -2.30. The molecule has 0 aliphatic rings. The maximum atomic E-state index is 13.4. The Hall–Kier alpha value is -2.57. The molecule has 0 radical (unpaired) electrons. The Bertz CT molecular complexity index is 706. The summed E-state index contributed by atoms with van der Waals surface area (Å²) >= 11 is 0. The SMILES string of the molecule is CC(Oc1ccc(F)c(F)c1)C(=O)Nc1cc(F)ccc1F. The zero-order chi connectivity index (χ0) is 16.3. The van der Waals surface area contributed by atoms with E-state index in [1.807, 2.05) is 0 Å². The largest absolute Gasteiger partial charge is 0.481 e. The highest BCUT2D eigenvalue weighted by atomic mass is 19.2. The molecule has 116 valence electrons. The predicted octanol–water partition coefficient (Wildman–Crippen LogP) is 3.65. The Morgan fingerprint density at radius 3 is 2.36 bits per heavy atom. The van der Waals surface area contributed by atoms with E-state index in [1.165, 1.54) is 6.92 Å². The van der Waals surface area contributed by atoms with E-state index in [0.29, 0.717) is 0 Å². The number of anilines is 1. The van der Waals surface area contributed by atoms with Crippen molar-refractivity contribution in [3.05, 3.63) is 59.7 Å². The molecule has 0 heterocycles. The Morgan fingerprint density at radius 2 is 1.68 bits per heavy atom. The lowest BCUT2D eigenvalue weighted by molar-refractivity contribution is -0.122. The van der Waals surface area contributed by atoms with Crippen LogP contribution in [0.25, 0.3) is 0 Å². The van der Waals surface area contributed by atoms with Gasteiger partial charge in [0.15, 0.2) is 17.7 Å². The van der Waals surface area contributed by atoms with Crippen LogP contribution >= 0.6 is 0 Å². The molecule has 0 aromatic heterocycles. The third-order valence-electron chi connectivity index (χ3n) is 2.76. The summed E-state index contributed by atoms with van der Waals surface area (Å²) in [6, 6.07) is 5.37. The van der Waals surface area contributed by atoms with Gasteiger partial charge >= 0.3 is 0 Å². The van der Waals surface area contributed by atoms with Crippen molar-refractivity contribution in [3.8, 4) is 5.75 Å². The molecule has 0 fully saturated rings. The first-order valence-electron chi connectivity index (χ1n) is 6.24. The van der Waals surface area contributed by atoms with Gasteiger partial charge in [0, 0.05) is 12.1 Å². The molecule has 0 saturated heterocycles. The zero-order valence-electron chi connectivity index (χ0n) is 11.4. The van der Waals surface area contributed by atoms with E-state index in [-0.39, 0.29) is 11.4 Å². The van der Waals surface area contributed by atoms with Crippen LogP contribution in [0.15, 0.2) is 36.4 Å². The van der Waals surface area contributed by atoms with Gasteiger partial charge in [-0.15, -0.1) is 0 Å². The van der Waals surface area contributed by atoms with Crippen LogP contribution in [0.1, 0.15) is 6.92 Å². The fourth-order valence-corrected chi connectivity index (χ4v) is 1.64. The summed E-state index contributed by atoms with van der Waals surface area (Å²) in [7, 11) is 0. The molecule has 0 aliphatic carbocycles. The van der Waals surface area contributed by atoms with Gasteiger partial charge < -0.3 is 10.1 Å². The molecular formula is C15H11F4NO2. The average Bonchev–Trinajstić information content (AvgIpc) is 2.46. The molecule has 0 spiro atoms. The van der Waals surface area contributed by atoms with E-state index < -0.39 is 35.3 Å². The maximum absolute atomic E-state index is 13.4. The first kappa shape index (κ1) is 15.8. The van der Waals surface area contributed by atoms with Gasteiger partial charge in [0.2, 0.25) is 0 Å². The number of rotatable bonds is 4. The van der Waals surface area contributed by atoms with E-state index in [1.54, 1.807) is 0 Å². The summed E-state index contributed by atoms with van der Waals surface area (Å²) in [5.74, 6) is -4.54. The topological polar surface area (TPSA) is 38.3 Å². The average molecular weight is 313 g/mol. The maximum Gasteiger partial charge on any atom is 0.265 e. The van der Waals surface area contributed by atoms with Gasteiger partial charge in [0.25, 0.3) is 5.91 Å². The minimum atomic E-state index is -1.13. The van der Waals surface area contributed by atoms with Crippen LogP contribution in [-0.2, 0) is 4.79 Å². The number of hydrogen-bond acceptors (Lipinski definition) is 2. The molecule has 0 aliphatic heterocycles. The third kappa shape index (κ3) is 3.75. The molecule has 1 N–H and O–H groups in total. The Kier molecular flexibility index (Phi) is 4.65. The monoisotopic (exact) mass is 313 g/mol. The normalized spacial score (nSPS) is 11.9. The highest BCUT2D eigenvalue weighted by Gasteiger charge is 2.17. The fraction of sp³-hybridized carbons (Fsp3) is 0.133. The predicted molar refractivity (Wildman–Crippen MR) is 71.4 cm³/mol. The summed E-state index contributed by atoms with van der Waals surface area (Å²) in [4.78, 5) is 11.8. The van der Waals surface area contributed by atoms with Gasteiger partial charge in [-0.05, 0) is 31.2 Å². The molecule has 22 heavy (non-hydrogen) atoms. The molecule has 0 saturated carbocycles. The number of benzene rings is 2. The van der Waals surface area contributed by atoms with Gasteiger partial charge in [0.05, 0.1) is 5.69 Å². The fourth-order valence-electron chi connectivity index (χ4n) is 1.64. The van der Waals surface area contributed by atoms with Gasteiger partial charge in [-0.2, -0.15) is 0 Å². The van der Waals surface area contributed by atoms with Crippen molar-refractivity contribution >= 4 is 11.6 Å². The van der Waals surface area contributed by atoms with Crippen molar-refractivity contribution in [2.45, 2.75) is 13.0 Å². The second-order valence-corrected chi connectivity index (χ2v) is 4.45. The molecule has 3 nitrogen and oxygen atoms in total. The van der Waals surface area contributed by atoms with Crippen LogP contribution in [0.3, 0.4) is 0 Å². The molecular weight excluding hydrogens is 302 g/mol. The second-order valence-electron chi connectivity index (χ2n) is 4.45. The van der Waals surface area contributed by atoms with Crippen LogP contribution in [-0.4, -0.2) is 12.0 Å². The second kappa shape index (κ2) is 6.46. The van der Waals surface area contributed by atoms with Gasteiger partial charge in [0.1, 0.15) is 17.4 Å². The Balaban J connectivity index is 2.05. The number of hydrogen-bond donors (Lipinski definition) is 1. The van der Waals surface area contributed by atoms with E-state index >= 15 is 0 Å². The minimum Gasteiger partial charge on any atom is -0.481 e. The van der Waals surface area contributed by atoms with Crippen LogP contribution in [0, 0.1) is 23.3 Å². The number of ether oxygens (including phenoxy) is 1. The van der Waals surface area contributed by atoms with Crippen molar-refractivity contribution in [1.82, 2.24) is 0 Å². The summed E-state index contributed by atoms with van der Waals surface area (Å²) in [6.07, 6.45) is -1.13. The van der Waals surface area contributed by atoms with Gasteiger partial charge in [-0.1, -0.05) is 0 Å². The molecule has 7 heteroatoms. The molecule has 0 bridgehead atoms. The standard InChI is InChI=1S/C15H11F4NO2/c1-8(22-10-3-5-11(17)13(19)7-10)15(21)20-14-6-9(16)2-4-12(14)18/h2-8H,1H3,(H,20,21). The minimum absolute atomic E-state index is 0.0683. The van der Waals surface area contributed by atoms with Crippen LogP contribution in [0.5, 0.6) is 5.75 Å². The lowest BCUT2D eigenvalue weighted by Gasteiger charge is -2.15. The Morgan fingerprint density at radius 1 is 1.00 bits per heavy atom. The van der Waals surface area contributed by atoms with Gasteiger partial charge in [-0.25, -0.2) is 17.6 Å².